The van der Waals surface area contributed by atoms with Crippen molar-refractivity contribution in [2.24, 2.45) is 0 Å². The van der Waals surface area contributed by atoms with Gasteiger partial charge in [-0.2, -0.15) is 4.98 Å². The second-order valence-corrected chi connectivity index (χ2v) is 9.97. The largest absolute Gasteiger partial charge is 0.366 e. The van der Waals surface area contributed by atoms with Crippen LogP contribution in [-0.2, 0) is 6.54 Å². The molecule has 11 heteroatoms. The zero-order chi connectivity index (χ0) is 27.0. The Morgan fingerprint density at radius 2 is 1.92 bits per heavy atom. The molecular weight excluding hydrogens is 482 g/mol. The minimum atomic E-state index is -0.265. The topological polar surface area (TPSA) is 115 Å². The Kier molecular flexibility index (Phi) is 6.85. The van der Waals surface area contributed by atoms with Crippen molar-refractivity contribution in [3.63, 3.8) is 0 Å². The Balaban J connectivity index is 1.51. The molecule has 1 aliphatic heterocycles. The second-order valence-electron chi connectivity index (χ2n) is 9.97. The number of anilines is 3. The number of nitrogens with zero attached hydrogens (tertiary/aromatic N) is 7. The summed E-state index contributed by atoms with van der Waals surface area (Å²) in [4.78, 5) is 37.0. The van der Waals surface area contributed by atoms with Crippen molar-refractivity contribution in [3.05, 3.63) is 76.0 Å². The summed E-state index contributed by atoms with van der Waals surface area (Å²) in [6.07, 6.45) is 3.14. The number of allylic oxidation sites excluding steroid dienone is 1. The molecular formula is C27H33N9O2. The normalized spacial score (nSPS) is 17.8. The summed E-state index contributed by atoms with van der Waals surface area (Å²) in [6, 6.07) is 11.9. The van der Waals surface area contributed by atoms with Gasteiger partial charge in [0.05, 0.1) is 12.6 Å². The molecule has 0 aliphatic carbocycles. The molecule has 1 fully saturated rings. The average Bonchev–Trinajstić information content (AvgIpc) is 3.17. The van der Waals surface area contributed by atoms with E-state index < -0.39 is 0 Å². The van der Waals surface area contributed by atoms with E-state index in [1.165, 1.54) is 21.6 Å². The third kappa shape index (κ3) is 4.72. The van der Waals surface area contributed by atoms with E-state index in [0.717, 1.165) is 24.5 Å². The van der Waals surface area contributed by atoms with E-state index >= 15 is 0 Å². The van der Waals surface area contributed by atoms with Crippen molar-refractivity contribution >= 4 is 28.4 Å². The first-order valence-electron chi connectivity index (χ1n) is 12.8. The van der Waals surface area contributed by atoms with Gasteiger partial charge in [-0.1, -0.05) is 6.08 Å². The zero-order valence-corrected chi connectivity index (χ0v) is 22.1. The highest BCUT2D eigenvalue weighted by Crippen LogP contribution is 2.24. The molecule has 0 radical (unpaired) electrons. The van der Waals surface area contributed by atoms with Gasteiger partial charge in [0.15, 0.2) is 11.5 Å². The average molecular weight is 516 g/mol. The Labute approximate surface area is 220 Å². The van der Waals surface area contributed by atoms with Crippen LogP contribution in [0.1, 0.15) is 33.7 Å². The summed E-state index contributed by atoms with van der Waals surface area (Å²) >= 11 is 0. The maximum absolute atomic E-state index is 13.2. The standard InChI is InChI=1S/C27H33N9O2/c1-6-13-34-26(38)22-15-29-27(31-25(22)36(34)23-11-12-24(37)35(32-23)17(2)3)30-20-7-9-21(10-8-20)33-16-18(4)28-14-19(33)5/h6-12,15,17-19,28H,1,13-14,16H2,2-5H3,(H,29,30,31)/t18-,19+/m0/s1. The van der Waals surface area contributed by atoms with Crippen LogP contribution in [0, 0.1) is 0 Å². The smallest absolute Gasteiger partial charge is 0.278 e. The van der Waals surface area contributed by atoms with Gasteiger partial charge in [0, 0.05) is 48.8 Å². The number of aromatic nitrogens is 6. The minimum absolute atomic E-state index is 0.147. The van der Waals surface area contributed by atoms with Gasteiger partial charge in [-0.05, 0) is 58.0 Å². The van der Waals surface area contributed by atoms with E-state index in [-0.39, 0.29) is 23.7 Å². The predicted octanol–water partition coefficient (Wildman–Crippen LogP) is 2.84. The summed E-state index contributed by atoms with van der Waals surface area (Å²) in [7, 11) is 0. The fourth-order valence-electron chi connectivity index (χ4n) is 4.75. The molecule has 5 rings (SSSR count). The molecule has 2 atom stereocenters. The predicted molar refractivity (Wildman–Crippen MR) is 150 cm³/mol. The van der Waals surface area contributed by atoms with Crippen LogP contribution in [-0.4, -0.2) is 54.3 Å². The monoisotopic (exact) mass is 515 g/mol. The quantitative estimate of drug-likeness (QED) is 0.361. The van der Waals surface area contributed by atoms with Crippen LogP contribution in [0.25, 0.3) is 16.9 Å². The lowest BCUT2D eigenvalue weighted by Gasteiger charge is -2.39. The third-order valence-corrected chi connectivity index (χ3v) is 6.71. The number of benzene rings is 1. The van der Waals surface area contributed by atoms with Gasteiger partial charge in [0.1, 0.15) is 5.39 Å². The second kappa shape index (κ2) is 10.3. The van der Waals surface area contributed by atoms with Crippen LogP contribution in [0.2, 0.25) is 0 Å². The first-order valence-corrected chi connectivity index (χ1v) is 12.8. The van der Waals surface area contributed by atoms with E-state index in [1.807, 2.05) is 26.0 Å². The fraction of sp³-hybridized carbons (Fsp3) is 0.370. The van der Waals surface area contributed by atoms with Gasteiger partial charge in [0.2, 0.25) is 5.95 Å². The third-order valence-electron chi connectivity index (χ3n) is 6.71. The summed E-state index contributed by atoms with van der Waals surface area (Å²) < 4.78 is 4.48. The van der Waals surface area contributed by atoms with E-state index in [9.17, 15) is 9.59 Å². The molecule has 198 valence electrons. The van der Waals surface area contributed by atoms with E-state index in [1.54, 1.807) is 16.8 Å². The fourth-order valence-corrected chi connectivity index (χ4v) is 4.75. The maximum Gasteiger partial charge on any atom is 0.278 e. The minimum Gasteiger partial charge on any atom is -0.366 e. The molecule has 1 aliphatic rings. The van der Waals surface area contributed by atoms with Gasteiger partial charge in [-0.25, -0.2) is 19.0 Å². The Morgan fingerprint density at radius 3 is 2.63 bits per heavy atom. The molecule has 11 nitrogen and oxygen atoms in total. The molecule has 0 bridgehead atoms. The van der Waals surface area contributed by atoms with Crippen LogP contribution >= 0.6 is 0 Å². The Bertz CT molecular complexity index is 1580. The molecule has 3 aromatic heterocycles. The van der Waals surface area contributed by atoms with E-state index in [4.69, 9.17) is 0 Å². The highest BCUT2D eigenvalue weighted by atomic mass is 16.1. The Hall–Kier alpha value is -4.25. The van der Waals surface area contributed by atoms with E-state index in [0.29, 0.717) is 34.9 Å². The number of rotatable bonds is 7. The summed E-state index contributed by atoms with van der Waals surface area (Å²) in [5.74, 6) is 0.747. The van der Waals surface area contributed by atoms with Gasteiger partial charge in [-0.15, -0.1) is 11.7 Å². The molecule has 1 saturated heterocycles. The molecule has 4 heterocycles. The van der Waals surface area contributed by atoms with Crippen molar-refractivity contribution in [2.45, 2.75) is 52.4 Å². The number of nitrogens with one attached hydrogen (secondary N) is 2. The first-order chi connectivity index (χ1) is 18.3. The van der Waals surface area contributed by atoms with Gasteiger partial charge >= 0.3 is 0 Å². The van der Waals surface area contributed by atoms with Crippen molar-refractivity contribution in [3.8, 4) is 5.82 Å². The Morgan fingerprint density at radius 1 is 1.16 bits per heavy atom. The van der Waals surface area contributed by atoms with Crippen LogP contribution in [0.15, 0.2) is 64.8 Å². The summed E-state index contributed by atoms with van der Waals surface area (Å²) in [5, 5.41) is 11.6. The summed E-state index contributed by atoms with van der Waals surface area (Å²) in [5.41, 5.74) is 1.89. The molecule has 2 N–H and O–H groups in total. The molecule has 1 aromatic carbocycles. The first kappa shape index (κ1) is 25.4. The van der Waals surface area contributed by atoms with Gasteiger partial charge in [0.25, 0.3) is 11.1 Å². The van der Waals surface area contributed by atoms with Crippen LogP contribution in [0.4, 0.5) is 17.3 Å². The van der Waals surface area contributed by atoms with Crippen LogP contribution < -0.4 is 26.7 Å². The molecule has 4 aromatic rings. The molecule has 0 saturated carbocycles. The highest BCUT2D eigenvalue weighted by molar-refractivity contribution is 5.77. The van der Waals surface area contributed by atoms with Crippen molar-refractivity contribution in [1.29, 1.82) is 0 Å². The zero-order valence-electron chi connectivity index (χ0n) is 22.1. The lowest BCUT2D eigenvalue weighted by molar-refractivity contribution is 0.425. The molecule has 38 heavy (non-hydrogen) atoms. The van der Waals surface area contributed by atoms with Crippen molar-refractivity contribution in [2.75, 3.05) is 23.3 Å². The number of piperazine rings is 1. The van der Waals surface area contributed by atoms with Gasteiger partial charge < -0.3 is 15.5 Å². The van der Waals surface area contributed by atoms with Crippen LogP contribution in [0.5, 0.6) is 0 Å². The number of fused-ring (bicyclic) bond motifs is 1. The van der Waals surface area contributed by atoms with Gasteiger partial charge in [-0.3, -0.25) is 9.59 Å². The number of hydrogen-bond donors (Lipinski definition) is 2. The lowest BCUT2D eigenvalue weighted by atomic mass is 10.1. The lowest BCUT2D eigenvalue weighted by Crippen LogP contribution is -2.54. The SMILES string of the molecule is C=CCn1c(=O)c2cnc(Nc3ccc(N4C[C@H](C)NC[C@H]4C)cc3)nc2n1-c1ccc(=O)n(C(C)C)n1. The molecule has 0 spiro atoms. The molecule has 0 unspecified atom stereocenters. The van der Waals surface area contributed by atoms with Crippen molar-refractivity contribution < 1.29 is 0 Å². The number of hydrogen-bond acceptors (Lipinski definition) is 8. The highest BCUT2D eigenvalue weighted by Gasteiger charge is 2.23. The van der Waals surface area contributed by atoms with E-state index in [2.05, 4.69) is 63.2 Å². The summed E-state index contributed by atoms with van der Waals surface area (Å²) in [6.45, 7) is 14.1. The van der Waals surface area contributed by atoms with Crippen molar-refractivity contribution in [1.82, 2.24) is 34.4 Å². The maximum atomic E-state index is 13.2. The molecule has 0 amide bonds. The van der Waals surface area contributed by atoms with Crippen LogP contribution in [0.3, 0.4) is 0 Å².